The minimum Gasteiger partial charge on any atom is -0.381 e. The predicted octanol–water partition coefficient (Wildman–Crippen LogP) is 3.29. The number of rotatable bonds is 1. The summed E-state index contributed by atoms with van der Waals surface area (Å²) in [6.07, 6.45) is 5.30. The van der Waals surface area contributed by atoms with Crippen molar-refractivity contribution in [2.45, 2.75) is 19.3 Å². The lowest BCUT2D eigenvalue weighted by Gasteiger charge is -2.33. The van der Waals surface area contributed by atoms with Crippen LogP contribution >= 0.6 is 11.6 Å². The molecular weight excluding hydrogens is 286 g/mol. The van der Waals surface area contributed by atoms with E-state index in [1.807, 2.05) is 6.07 Å². The maximum atomic E-state index is 5.97. The Morgan fingerprint density at radius 1 is 1.29 bits per heavy atom. The van der Waals surface area contributed by atoms with Crippen molar-refractivity contribution in [3.63, 3.8) is 0 Å². The topological polar surface area (TPSA) is 38.2 Å². The Hall–Kier alpha value is -1.39. The van der Waals surface area contributed by atoms with Gasteiger partial charge in [0.05, 0.1) is 11.6 Å². The van der Waals surface area contributed by atoms with E-state index in [9.17, 15) is 0 Å². The fourth-order valence-electron chi connectivity index (χ4n) is 3.51. The van der Waals surface area contributed by atoms with E-state index in [2.05, 4.69) is 22.0 Å². The second-order valence-electron chi connectivity index (χ2n) is 6.20. The Morgan fingerprint density at radius 2 is 2.24 bits per heavy atom. The number of ether oxygens (including phenoxy) is 1. The van der Waals surface area contributed by atoms with Gasteiger partial charge in [-0.1, -0.05) is 11.6 Å². The molecule has 0 aliphatic carbocycles. The van der Waals surface area contributed by atoms with Gasteiger partial charge < -0.3 is 9.64 Å². The van der Waals surface area contributed by atoms with Gasteiger partial charge in [0.1, 0.15) is 5.82 Å². The molecule has 0 saturated carbocycles. The van der Waals surface area contributed by atoms with Crippen LogP contribution in [0.15, 0.2) is 24.4 Å². The zero-order valence-electron chi connectivity index (χ0n) is 11.9. The molecule has 1 unspecified atom stereocenters. The van der Waals surface area contributed by atoms with Gasteiger partial charge >= 0.3 is 0 Å². The fraction of sp³-hybridized carbons (Fsp3) is 0.500. The van der Waals surface area contributed by atoms with Crippen LogP contribution in [0.25, 0.3) is 11.0 Å². The van der Waals surface area contributed by atoms with Crippen molar-refractivity contribution in [1.29, 1.82) is 0 Å². The molecule has 4 rings (SSSR count). The average Bonchev–Trinajstić information content (AvgIpc) is 2.91. The van der Waals surface area contributed by atoms with Crippen LogP contribution in [-0.4, -0.2) is 36.3 Å². The second-order valence-corrected chi connectivity index (χ2v) is 6.63. The molecule has 0 N–H and O–H groups in total. The van der Waals surface area contributed by atoms with Crippen LogP contribution in [0.5, 0.6) is 0 Å². The molecule has 5 heteroatoms. The number of fused-ring (bicyclic) bond motifs is 1. The van der Waals surface area contributed by atoms with Gasteiger partial charge in [0.15, 0.2) is 5.65 Å². The van der Waals surface area contributed by atoms with Crippen LogP contribution in [-0.2, 0) is 4.74 Å². The highest BCUT2D eigenvalue weighted by molar-refractivity contribution is 6.31. The Morgan fingerprint density at radius 3 is 3.10 bits per heavy atom. The number of hydrogen-bond acceptors (Lipinski definition) is 4. The zero-order valence-corrected chi connectivity index (χ0v) is 12.6. The number of hydrogen-bond donors (Lipinski definition) is 0. The highest BCUT2D eigenvalue weighted by atomic mass is 35.5. The molecule has 0 amide bonds. The van der Waals surface area contributed by atoms with Crippen LogP contribution < -0.4 is 4.90 Å². The van der Waals surface area contributed by atoms with Crippen LogP contribution in [0.3, 0.4) is 0 Å². The summed E-state index contributed by atoms with van der Waals surface area (Å²) in [7, 11) is 0. The number of anilines is 1. The van der Waals surface area contributed by atoms with Crippen molar-refractivity contribution in [1.82, 2.24) is 9.97 Å². The summed E-state index contributed by atoms with van der Waals surface area (Å²) < 4.78 is 5.70. The molecule has 2 aliphatic rings. The molecule has 4 nitrogen and oxygen atoms in total. The van der Waals surface area contributed by atoms with Crippen LogP contribution in [0.1, 0.15) is 19.3 Å². The summed E-state index contributed by atoms with van der Waals surface area (Å²) >= 11 is 5.97. The maximum absolute atomic E-state index is 5.97. The minimum atomic E-state index is 0.336. The number of halogens is 1. The van der Waals surface area contributed by atoms with Crippen molar-refractivity contribution < 1.29 is 4.74 Å². The summed E-state index contributed by atoms with van der Waals surface area (Å²) in [5.41, 5.74) is 1.10. The lowest BCUT2D eigenvalue weighted by Crippen LogP contribution is -2.35. The van der Waals surface area contributed by atoms with Crippen molar-refractivity contribution >= 4 is 28.5 Å². The third kappa shape index (κ3) is 2.47. The van der Waals surface area contributed by atoms with Crippen LogP contribution in [0.2, 0.25) is 5.02 Å². The number of aromatic nitrogens is 2. The van der Waals surface area contributed by atoms with E-state index in [1.54, 1.807) is 6.20 Å². The molecule has 110 valence electrons. The molecule has 2 aromatic rings. The van der Waals surface area contributed by atoms with Gasteiger partial charge in [0.25, 0.3) is 0 Å². The van der Waals surface area contributed by atoms with Gasteiger partial charge in [-0.15, -0.1) is 0 Å². The largest absolute Gasteiger partial charge is 0.381 e. The summed E-state index contributed by atoms with van der Waals surface area (Å²) in [4.78, 5) is 11.4. The monoisotopic (exact) mass is 303 g/mol. The van der Waals surface area contributed by atoms with E-state index in [0.717, 1.165) is 43.2 Å². The Bertz CT molecular complexity index is 670. The molecule has 4 heterocycles. The second kappa shape index (κ2) is 5.11. The van der Waals surface area contributed by atoms with Crippen LogP contribution in [0.4, 0.5) is 5.82 Å². The molecule has 2 aliphatic heterocycles. The first-order valence-corrected chi connectivity index (χ1v) is 7.87. The van der Waals surface area contributed by atoms with E-state index < -0.39 is 0 Å². The summed E-state index contributed by atoms with van der Waals surface area (Å²) in [5, 5.41) is 1.64. The van der Waals surface area contributed by atoms with Gasteiger partial charge in [-0.05, 0) is 37.5 Å². The molecule has 0 radical (unpaired) electrons. The smallest absolute Gasteiger partial charge is 0.161 e. The van der Waals surface area contributed by atoms with E-state index >= 15 is 0 Å². The van der Waals surface area contributed by atoms with Gasteiger partial charge in [-0.2, -0.15) is 0 Å². The van der Waals surface area contributed by atoms with Crippen molar-refractivity contribution in [2.75, 3.05) is 31.2 Å². The molecule has 0 bridgehead atoms. The van der Waals surface area contributed by atoms with E-state index in [-0.39, 0.29) is 0 Å². The summed E-state index contributed by atoms with van der Waals surface area (Å²) in [6, 6.07) is 6.03. The molecule has 1 spiro atoms. The highest BCUT2D eigenvalue weighted by Gasteiger charge is 2.40. The lowest BCUT2D eigenvalue weighted by molar-refractivity contribution is 0.00437. The Kier molecular flexibility index (Phi) is 3.23. The normalized spacial score (nSPS) is 25.9. The average molecular weight is 304 g/mol. The van der Waals surface area contributed by atoms with E-state index in [1.165, 1.54) is 19.3 Å². The van der Waals surface area contributed by atoms with Gasteiger partial charge in [0, 0.05) is 36.7 Å². The maximum Gasteiger partial charge on any atom is 0.161 e. The van der Waals surface area contributed by atoms with E-state index in [4.69, 9.17) is 21.3 Å². The lowest BCUT2D eigenvalue weighted by atomic mass is 9.82. The standard InChI is InChI=1S/C16H18ClN3O/c17-13-8-12-2-3-14(19-15(12)18-9-13)20-6-5-16(10-20)4-1-7-21-11-16/h2-3,8-9H,1,4-7,10-11H2. The number of nitrogens with zero attached hydrogens (tertiary/aromatic N) is 3. The fourth-order valence-corrected chi connectivity index (χ4v) is 3.68. The van der Waals surface area contributed by atoms with Crippen molar-refractivity contribution in [3.05, 3.63) is 29.4 Å². The first-order chi connectivity index (χ1) is 10.2. The third-order valence-electron chi connectivity index (χ3n) is 4.66. The molecule has 1 atom stereocenters. The summed E-state index contributed by atoms with van der Waals surface area (Å²) in [6.45, 7) is 3.90. The Labute approximate surface area is 129 Å². The molecule has 0 aromatic carbocycles. The van der Waals surface area contributed by atoms with Gasteiger partial charge in [-0.3, -0.25) is 0 Å². The Balaban J connectivity index is 1.60. The molecule has 2 aromatic heterocycles. The quantitative estimate of drug-likeness (QED) is 0.810. The summed E-state index contributed by atoms with van der Waals surface area (Å²) in [5.74, 6) is 1.01. The van der Waals surface area contributed by atoms with Crippen molar-refractivity contribution in [2.24, 2.45) is 5.41 Å². The van der Waals surface area contributed by atoms with E-state index in [0.29, 0.717) is 10.4 Å². The zero-order chi connectivity index (χ0) is 14.3. The van der Waals surface area contributed by atoms with Gasteiger partial charge in [0.2, 0.25) is 0 Å². The van der Waals surface area contributed by atoms with Crippen LogP contribution in [0, 0.1) is 5.41 Å². The molecular formula is C16H18ClN3O. The number of pyridine rings is 2. The van der Waals surface area contributed by atoms with Crippen molar-refractivity contribution in [3.8, 4) is 0 Å². The third-order valence-corrected chi connectivity index (χ3v) is 4.87. The molecule has 2 saturated heterocycles. The molecule has 2 fully saturated rings. The first kappa shape index (κ1) is 13.3. The van der Waals surface area contributed by atoms with Gasteiger partial charge in [-0.25, -0.2) is 9.97 Å². The highest BCUT2D eigenvalue weighted by Crippen LogP contribution is 2.39. The first-order valence-electron chi connectivity index (χ1n) is 7.49. The SMILES string of the molecule is Clc1cnc2nc(N3CCC4(CCCOC4)C3)ccc2c1. The molecule has 21 heavy (non-hydrogen) atoms. The predicted molar refractivity (Wildman–Crippen MR) is 83.9 cm³/mol. The minimum absolute atomic E-state index is 0.336.